The summed E-state index contributed by atoms with van der Waals surface area (Å²) in [6.45, 7) is 7.40. The molecule has 270 valence electrons. The fraction of sp³-hybridized carbons (Fsp3) is 0.848. The summed E-state index contributed by atoms with van der Waals surface area (Å²) in [5.41, 5.74) is -1.72. The number of nitrogens with one attached hydrogen (secondary N) is 4. The molecular formula is C33H51Cl2N5O7S. The van der Waals surface area contributed by atoms with Gasteiger partial charge in [-0.15, -0.1) is 23.2 Å². The van der Waals surface area contributed by atoms with Gasteiger partial charge in [0.2, 0.25) is 17.6 Å². The van der Waals surface area contributed by atoms with Gasteiger partial charge in [-0.25, -0.2) is 13.2 Å². The zero-order chi connectivity index (χ0) is 35.2. The van der Waals surface area contributed by atoms with Crippen LogP contribution in [0.25, 0.3) is 0 Å². The van der Waals surface area contributed by atoms with E-state index in [0.717, 1.165) is 38.5 Å². The molecule has 12 nitrogen and oxygen atoms in total. The highest BCUT2D eigenvalue weighted by molar-refractivity contribution is 7.92. The molecule has 5 rings (SSSR count). The van der Waals surface area contributed by atoms with E-state index in [1.807, 2.05) is 6.92 Å². The standard InChI is InChI=1S/C33H51Cl2N5O7S/c1-5-6-11-21(25(41)28(43)36-19-13-14-19)37-27(42)24-23-20(33(23,34)35)18-40(24)29(44)26(31(2,3)4)38-30(45)39-32(15-8-7-9-16-32)22-12-10-17-48(22,46)47/h19-24,26H,5-18H2,1-4H3,(H,36,43)(H,37,42)(H2,38,39,45)/t20-,21-,22?,23?,24-,26+/m0/s1. The maximum Gasteiger partial charge on any atom is 0.315 e. The van der Waals surface area contributed by atoms with Crippen molar-refractivity contribution in [1.29, 1.82) is 0 Å². The molecule has 0 radical (unpaired) electrons. The highest BCUT2D eigenvalue weighted by Crippen LogP contribution is 2.65. The molecule has 0 aromatic rings. The first kappa shape index (κ1) is 37.1. The van der Waals surface area contributed by atoms with Gasteiger partial charge in [0.1, 0.15) is 16.4 Å². The number of carbonyl (C=O) groups is 5. The third-order valence-electron chi connectivity index (χ3n) is 10.9. The molecule has 5 amide bonds. The van der Waals surface area contributed by atoms with Crippen LogP contribution in [0.4, 0.5) is 4.79 Å². The highest BCUT2D eigenvalue weighted by atomic mass is 35.5. The van der Waals surface area contributed by atoms with Crippen molar-refractivity contribution in [2.45, 2.75) is 144 Å². The normalized spacial score (nSPS) is 29.6. The Bertz CT molecular complexity index is 1410. The molecule has 5 fully saturated rings. The van der Waals surface area contributed by atoms with Crippen molar-refractivity contribution >= 4 is 62.6 Å². The Morgan fingerprint density at radius 1 is 0.958 bits per heavy atom. The van der Waals surface area contributed by atoms with Crippen molar-refractivity contribution in [3.05, 3.63) is 0 Å². The Balaban J connectivity index is 1.34. The molecule has 15 heteroatoms. The van der Waals surface area contributed by atoms with Gasteiger partial charge in [-0.1, -0.05) is 59.8 Å². The second-order valence-electron chi connectivity index (χ2n) is 15.7. The van der Waals surface area contributed by atoms with E-state index >= 15 is 0 Å². The number of piperidine rings is 1. The molecule has 48 heavy (non-hydrogen) atoms. The lowest BCUT2D eigenvalue weighted by atomic mass is 9.78. The minimum atomic E-state index is -3.37. The molecule has 0 spiro atoms. The van der Waals surface area contributed by atoms with Crippen LogP contribution in [0.2, 0.25) is 0 Å². The number of hydrogen-bond donors (Lipinski definition) is 4. The maximum absolute atomic E-state index is 14.4. The summed E-state index contributed by atoms with van der Waals surface area (Å²) in [4.78, 5) is 69.2. The number of unbranched alkanes of at least 4 members (excludes halogenated alkanes) is 1. The number of ketones is 1. The van der Waals surface area contributed by atoms with E-state index in [0.29, 0.717) is 32.1 Å². The Kier molecular flexibility index (Phi) is 10.7. The molecule has 0 aromatic heterocycles. The first-order valence-electron chi connectivity index (χ1n) is 17.6. The summed E-state index contributed by atoms with van der Waals surface area (Å²) in [6.07, 6.45) is 7.88. The summed E-state index contributed by atoms with van der Waals surface area (Å²) in [7, 11) is -3.37. The molecule has 0 aromatic carbocycles. The molecule has 5 aliphatic rings. The first-order valence-corrected chi connectivity index (χ1v) is 20.0. The van der Waals surface area contributed by atoms with E-state index in [9.17, 15) is 32.4 Å². The number of hydrogen-bond acceptors (Lipinski definition) is 7. The van der Waals surface area contributed by atoms with Crippen LogP contribution in [0.5, 0.6) is 0 Å². The van der Waals surface area contributed by atoms with E-state index < -0.39 is 89.9 Å². The van der Waals surface area contributed by atoms with Crippen LogP contribution in [0, 0.1) is 17.3 Å². The van der Waals surface area contributed by atoms with E-state index in [1.165, 1.54) is 4.90 Å². The van der Waals surface area contributed by atoms with Gasteiger partial charge in [0, 0.05) is 24.4 Å². The van der Waals surface area contributed by atoms with Gasteiger partial charge in [0.15, 0.2) is 9.84 Å². The number of amides is 5. The summed E-state index contributed by atoms with van der Waals surface area (Å²) < 4.78 is 24.8. The Labute approximate surface area is 293 Å². The quantitative estimate of drug-likeness (QED) is 0.177. The fourth-order valence-electron chi connectivity index (χ4n) is 8.04. The zero-order valence-electron chi connectivity index (χ0n) is 28.4. The topological polar surface area (TPSA) is 171 Å². The molecule has 2 unspecified atom stereocenters. The van der Waals surface area contributed by atoms with Crippen molar-refractivity contribution in [2.24, 2.45) is 17.3 Å². The number of Topliss-reactive ketones (excluding diaryl/α,β-unsaturated/α-hetero) is 1. The summed E-state index contributed by atoms with van der Waals surface area (Å²) in [5.74, 6) is -3.50. The van der Waals surface area contributed by atoms with Crippen LogP contribution in [0.1, 0.15) is 105 Å². The SMILES string of the molecule is CCCC[C@H](NC(=O)[C@@H]1C2[C@H](CN1C(=O)[C@@H](NC(=O)NC1(C3CCCS3(=O)=O)CCCCC1)C(C)(C)C)C2(Cl)Cl)C(=O)C(=O)NC1CC1. The minimum absolute atomic E-state index is 0.0261. The van der Waals surface area contributed by atoms with Crippen LogP contribution < -0.4 is 21.3 Å². The van der Waals surface area contributed by atoms with E-state index in [4.69, 9.17) is 23.2 Å². The van der Waals surface area contributed by atoms with Crippen LogP contribution >= 0.6 is 23.2 Å². The number of urea groups is 1. The maximum atomic E-state index is 14.4. The number of likely N-dealkylation sites (tertiary alicyclic amines) is 1. The Hall–Kier alpha value is -2.12. The van der Waals surface area contributed by atoms with Crippen molar-refractivity contribution in [3.8, 4) is 0 Å². The van der Waals surface area contributed by atoms with Crippen molar-refractivity contribution in [2.75, 3.05) is 12.3 Å². The lowest BCUT2D eigenvalue weighted by Gasteiger charge is -2.43. The number of carbonyl (C=O) groups excluding carboxylic acids is 5. The van der Waals surface area contributed by atoms with Crippen molar-refractivity contribution in [1.82, 2.24) is 26.2 Å². The number of fused-ring (bicyclic) bond motifs is 1. The molecule has 3 aliphatic carbocycles. The smallest absolute Gasteiger partial charge is 0.315 e. The molecule has 4 N–H and O–H groups in total. The Morgan fingerprint density at radius 2 is 1.62 bits per heavy atom. The van der Waals surface area contributed by atoms with Crippen LogP contribution in [-0.2, 0) is 29.0 Å². The number of halogens is 2. The van der Waals surface area contributed by atoms with Gasteiger partial charge in [-0.2, -0.15) is 0 Å². The first-order chi connectivity index (χ1) is 22.4. The predicted molar refractivity (Wildman–Crippen MR) is 182 cm³/mol. The minimum Gasteiger partial charge on any atom is -0.347 e. The van der Waals surface area contributed by atoms with E-state index in [1.54, 1.807) is 20.8 Å². The van der Waals surface area contributed by atoms with E-state index in [-0.39, 0.29) is 24.8 Å². The number of sulfone groups is 1. The number of nitrogens with zero attached hydrogens (tertiary/aromatic N) is 1. The lowest BCUT2D eigenvalue weighted by Crippen LogP contribution is -2.65. The Morgan fingerprint density at radius 3 is 2.19 bits per heavy atom. The third-order valence-corrected chi connectivity index (χ3v) is 14.4. The van der Waals surface area contributed by atoms with Crippen LogP contribution in [-0.4, -0.2) is 94.4 Å². The molecule has 2 heterocycles. The second kappa shape index (κ2) is 13.9. The van der Waals surface area contributed by atoms with Gasteiger partial charge in [0.25, 0.3) is 5.91 Å². The molecule has 0 bridgehead atoms. The molecule has 2 aliphatic heterocycles. The van der Waals surface area contributed by atoms with Gasteiger partial charge in [0.05, 0.1) is 22.6 Å². The number of rotatable bonds is 12. The third kappa shape index (κ3) is 7.62. The second-order valence-corrected chi connectivity index (χ2v) is 19.4. The lowest BCUT2D eigenvalue weighted by molar-refractivity contribution is -0.144. The van der Waals surface area contributed by atoms with Crippen molar-refractivity contribution in [3.63, 3.8) is 0 Å². The molecule has 2 saturated heterocycles. The molecular weight excluding hydrogens is 681 g/mol. The fourth-order valence-corrected chi connectivity index (χ4v) is 11.2. The average Bonchev–Trinajstić information content (AvgIpc) is 3.79. The number of alkyl halides is 2. The highest BCUT2D eigenvalue weighted by Gasteiger charge is 2.74. The molecule has 3 saturated carbocycles. The van der Waals surface area contributed by atoms with E-state index in [2.05, 4.69) is 21.3 Å². The van der Waals surface area contributed by atoms with Crippen LogP contribution in [0.3, 0.4) is 0 Å². The van der Waals surface area contributed by atoms with Crippen molar-refractivity contribution < 1.29 is 32.4 Å². The summed E-state index contributed by atoms with van der Waals surface area (Å²) in [5, 5.41) is 10.6. The predicted octanol–water partition coefficient (Wildman–Crippen LogP) is 3.13. The zero-order valence-corrected chi connectivity index (χ0v) is 30.7. The monoisotopic (exact) mass is 731 g/mol. The summed E-state index contributed by atoms with van der Waals surface area (Å²) in [6, 6.07) is -3.95. The van der Waals surface area contributed by atoms with Crippen LogP contribution in [0.15, 0.2) is 0 Å². The average molecular weight is 733 g/mol. The van der Waals surface area contributed by atoms with Gasteiger partial charge < -0.3 is 26.2 Å². The van der Waals surface area contributed by atoms with Gasteiger partial charge >= 0.3 is 6.03 Å². The summed E-state index contributed by atoms with van der Waals surface area (Å²) >= 11 is 13.1. The van der Waals surface area contributed by atoms with Gasteiger partial charge in [-0.3, -0.25) is 19.2 Å². The van der Waals surface area contributed by atoms with Gasteiger partial charge in [-0.05, 0) is 50.4 Å². The molecule has 6 atom stereocenters. The largest absolute Gasteiger partial charge is 0.347 e.